The van der Waals surface area contributed by atoms with Crippen LogP contribution in [0.25, 0.3) is 21.7 Å². The van der Waals surface area contributed by atoms with Gasteiger partial charge in [0.25, 0.3) is 0 Å². The van der Waals surface area contributed by atoms with Gasteiger partial charge in [-0.3, -0.25) is 4.98 Å². The van der Waals surface area contributed by atoms with Crippen molar-refractivity contribution in [1.82, 2.24) is 4.98 Å². The van der Waals surface area contributed by atoms with E-state index >= 15 is 0 Å². The maximum Gasteiger partial charge on any atom is 0.122 e. The van der Waals surface area contributed by atoms with E-state index in [2.05, 4.69) is 47.4 Å². The molecule has 0 saturated heterocycles. The third-order valence-corrected chi connectivity index (χ3v) is 3.77. The highest BCUT2D eigenvalue weighted by Gasteiger charge is 1.99. The van der Waals surface area contributed by atoms with Gasteiger partial charge in [-0.25, -0.2) is 0 Å². The Morgan fingerprint density at radius 1 is 0.696 bits per heavy atom. The Morgan fingerprint density at radius 2 is 1.35 bits per heavy atom. The number of hydrogen-bond acceptors (Lipinski definition) is 3. The van der Waals surface area contributed by atoms with Crippen LogP contribution in [0, 0.1) is 6.92 Å². The van der Waals surface area contributed by atoms with Crippen molar-refractivity contribution in [2.45, 2.75) is 6.92 Å². The largest absolute Gasteiger partial charge is 0.508 e. The second-order valence-electron chi connectivity index (χ2n) is 5.28. The van der Waals surface area contributed by atoms with Gasteiger partial charge < -0.3 is 10.2 Å². The average Bonchev–Trinajstić information content (AvgIpc) is 2.60. The predicted octanol–water partition coefficient (Wildman–Crippen LogP) is 4.79. The van der Waals surface area contributed by atoms with E-state index in [0.29, 0.717) is 5.56 Å². The fourth-order valence-corrected chi connectivity index (χ4v) is 2.43. The van der Waals surface area contributed by atoms with Crippen molar-refractivity contribution in [3.05, 3.63) is 78.5 Å². The van der Waals surface area contributed by atoms with Crippen molar-refractivity contribution in [3.63, 3.8) is 0 Å². The normalized spacial score (nSPS) is 10.3. The number of hydrogen-bond donors (Lipinski definition) is 2. The maximum atomic E-state index is 8.94. The van der Waals surface area contributed by atoms with Gasteiger partial charge in [-0.1, -0.05) is 48.5 Å². The lowest BCUT2D eigenvalue weighted by Gasteiger charge is -2.01. The molecule has 23 heavy (non-hydrogen) atoms. The van der Waals surface area contributed by atoms with E-state index < -0.39 is 0 Å². The van der Waals surface area contributed by atoms with Crippen molar-refractivity contribution in [2.75, 3.05) is 0 Å². The summed E-state index contributed by atoms with van der Waals surface area (Å²) in [5, 5.41) is 21.6. The molecule has 0 atom stereocenters. The van der Waals surface area contributed by atoms with Gasteiger partial charge in [-0.15, -0.1) is 0 Å². The van der Waals surface area contributed by atoms with Gasteiger partial charge in [0.1, 0.15) is 11.5 Å². The van der Waals surface area contributed by atoms with Crippen molar-refractivity contribution in [3.8, 4) is 11.5 Å². The first-order valence-corrected chi connectivity index (χ1v) is 7.37. The van der Waals surface area contributed by atoms with E-state index in [1.54, 1.807) is 13.0 Å². The van der Waals surface area contributed by atoms with E-state index in [4.69, 9.17) is 10.2 Å². The minimum Gasteiger partial charge on any atom is -0.508 e. The molecule has 2 N–H and O–H groups in total. The zero-order valence-electron chi connectivity index (χ0n) is 12.8. The lowest BCUT2D eigenvalue weighted by Crippen LogP contribution is -1.79. The van der Waals surface area contributed by atoms with Gasteiger partial charge >= 0.3 is 0 Å². The van der Waals surface area contributed by atoms with Gasteiger partial charge in [-0.2, -0.15) is 0 Å². The molecule has 0 aliphatic heterocycles. The van der Waals surface area contributed by atoms with Gasteiger partial charge in [0.2, 0.25) is 0 Å². The molecule has 0 fully saturated rings. The molecule has 0 radical (unpaired) electrons. The Kier molecular flexibility index (Phi) is 4.11. The number of phenolic OH excluding ortho intramolecular Hbond substituents is 2. The van der Waals surface area contributed by atoms with Gasteiger partial charge in [0, 0.05) is 22.5 Å². The molecule has 0 unspecified atom stereocenters. The summed E-state index contributed by atoms with van der Waals surface area (Å²) in [5.74, 6) is 0.269. The number of fused-ring (bicyclic) bond motifs is 3. The molecule has 0 aliphatic carbocycles. The van der Waals surface area contributed by atoms with E-state index in [-0.39, 0.29) is 11.5 Å². The molecule has 3 nitrogen and oxygen atoms in total. The van der Waals surface area contributed by atoms with E-state index in [1.165, 1.54) is 28.3 Å². The number of nitrogens with zero attached hydrogens (tertiary/aromatic N) is 1. The van der Waals surface area contributed by atoms with Crippen molar-refractivity contribution in [1.29, 1.82) is 0 Å². The van der Waals surface area contributed by atoms with Crippen molar-refractivity contribution >= 4 is 21.7 Å². The fourth-order valence-electron chi connectivity index (χ4n) is 2.43. The maximum absolute atomic E-state index is 8.94. The molecule has 0 saturated carbocycles. The Hall–Kier alpha value is -3.07. The average molecular weight is 303 g/mol. The first kappa shape index (κ1) is 14.9. The second-order valence-corrected chi connectivity index (χ2v) is 5.28. The number of pyridine rings is 1. The topological polar surface area (TPSA) is 53.4 Å². The molecule has 0 amide bonds. The molecule has 114 valence electrons. The van der Waals surface area contributed by atoms with Crippen LogP contribution in [0.3, 0.4) is 0 Å². The summed E-state index contributed by atoms with van der Waals surface area (Å²) in [6.07, 6.45) is 1.84. The quantitative estimate of drug-likeness (QED) is 0.459. The highest BCUT2D eigenvalue weighted by atomic mass is 16.3. The number of benzene rings is 3. The highest BCUT2D eigenvalue weighted by molar-refractivity contribution is 6.04. The molecule has 3 aromatic carbocycles. The van der Waals surface area contributed by atoms with Crippen LogP contribution in [-0.4, -0.2) is 15.2 Å². The Bertz CT molecular complexity index is 889. The molecular weight excluding hydrogens is 286 g/mol. The molecule has 0 aliphatic rings. The van der Waals surface area contributed by atoms with Crippen LogP contribution in [0.5, 0.6) is 11.5 Å². The summed E-state index contributed by atoms with van der Waals surface area (Å²) in [6.45, 7) is 1.66. The number of phenols is 2. The minimum absolute atomic E-state index is 0.134. The number of aromatic nitrogens is 1. The summed E-state index contributed by atoms with van der Waals surface area (Å²) in [4.78, 5) is 4.41. The monoisotopic (exact) mass is 303 g/mol. The van der Waals surface area contributed by atoms with Crippen LogP contribution in [-0.2, 0) is 0 Å². The fraction of sp³-hybridized carbons (Fsp3) is 0.0500. The number of aromatic hydroxyl groups is 2. The smallest absolute Gasteiger partial charge is 0.122 e. The predicted molar refractivity (Wildman–Crippen MR) is 93.8 cm³/mol. The van der Waals surface area contributed by atoms with Crippen molar-refractivity contribution < 1.29 is 10.2 Å². The van der Waals surface area contributed by atoms with Crippen LogP contribution < -0.4 is 0 Å². The van der Waals surface area contributed by atoms with Gasteiger partial charge in [-0.05, 0) is 30.5 Å². The first-order valence-electron chi connectivity index (χ1n) is 7.37. The zero-order valence-corrected chi connectivity index (χ0v) is 12.8. The van der Waals surface area contributed by atoms with Crippen LogP contribution in [0.15, 0.2) is 72.9 Å². The third-order valence-electron chi connectivity index (χ3n) is 3.77. The van der Waals surface area contributed by atoms with Crippen molar-refractivity contribution in [2.24, 2.45) is 0 Å². The highest BCUT2D eigenvalue weighted by Crippen LogP contribution is 2.24. The Morgan fingerprint density at radius 3 is 2.09 bits per heavy atom. The molecule has 3 heteroatoms. The standard InChI is InChI=1S/C13H9N.C7H8O2/c1-2-6-12-10(4-1)7-8-11-5-3-9-14-13(11)12;1-5-6(8)3-2-4-7(5)9/h1-9H;2-4,8-9H,1H3. The second kappa shape index (κ2) is 6.36. The van der Waals surface area contributed by atoms with Gasteiger partial charge in [0.05, 0.1) is 5.52 Å². The Labute approximate surface area is 134 Å². The van der Waals surface area contributed by atoms with Gasteiger partial charge in [0.15, 0.2) is 0 Å². The molecule has 4 aromatic rings. The molecular formula is C20H17NO2. The van der Waals surface area contributed by atoms with Crippen LogP contribution >= 0.6 is 0 Å². The van der Waals surface area contributed by atoms with Crippen LogP contribution in [0.2, 0.25) is 0 Å². The first-order chi connectivity index (χ1) is 11.2. The lowest BCUT2D eigenvalue weighted by molar-refractivity contribution is 0.443. The summed E-state index contributed by atoms with van der Waals surface area (Å²) < 4.78 is 0. The third kappa shape index (κ3) is 3.09. The molecule has 4 rings (SSSR count). The summed E-state index contributed by atoms with van der Waals surface area (Å²) in [6, 6.07) is 21.3. The SMILES string of the molecule is Cc1c(O)cccc1O.c1ccc2c(c1)ccc1cccnc12. The summed E-state index contributed by atoms with van der Waals surface area (Å²) >= 11 is 0. The minimum atomic E-state index is 0.134. The van der Waals surface area contributed by atoms with Crippen LogP contribution in [0.4, 0.5) is 0 Å². The van der Waals surface area contributed by atoms with E-state index in [0.717, 1.165) is 5.52 Å². The van der Waals surface area contributed by atoms with E-state index in [1.807, 2.05) is 12.3 Å². The summed E-state index contributed by atoms with van der Waals surface area (Å²) in [5.41, 5.74) is 1.61. The molecule has 1 heterocycles. The lowest BCUT2D eigenvalue weighted by atomic mass is 10.1. The zero-order chi connectivity index (χ0) is 16.2. The molecule has 1 aromatic heterocycles. The molecule has 0 spiro atoms. The number of rotatable bonds is 0. The Balaban J connectivity index is 0.000000151. The van der Waals surface area contributed by atoms with E-state index in [9.17, 15) is 0 Å². The van der Waals surface area contributed by atoms with Crippen LogP contribution in [0.1, 0.15) is 5.56 Å². The summed E-state index contributed by atoms with van der Waals surface area (Å²) in [7, 11) is 0. The molecule has 0 bridgehead atoms.